The van der Waals surface area contributed by atoms with Crippen molar-refractivity contribution in [3.05, 3.63) is 52.0 Å². The Kier molecular flexibility index (Phi) is 4.34. The van der Waals surface area contributed by atoms with Crippen LogP contribution in [0.25, 0.3) is 0 Å². The number of carbonyl (C=O) groups is 1. The number of furan rings is 1. The lowest BCUT2D eigenvalue weighted by Gasteiger charge is -2.23. The second-order valence-electron chi connectivity index (χ2n) is 5.11. The van der Waals surface area contributed by atoms with E-state index in [1.807, 2.05) is 0 Å². The molecule has 1 amide bonds. The Morgan fingerprint density at radius 1 is 1.54 bits per heavy atom. The fourth-order valence-corrected chi connectivity index (χ4v) is 3.69. The van der Waals surface area contributed by atoms with Gasteiger partial charge in [0.1, 0.15) is 11.1 Å². The maximum Gasteiger partial charge on any atom is 0.315 e. The minimum absolute atomic E-state index is 0.00269. The summed E-state index contributed by atoms with van der Waals surface area (Å²) in [6, 6.07) is 6.26. The van der Waals surface area contributed by atoms with Crippen LogP contribution in [0.1, 0.15) is 16.7 Å². The summed E-state index contributed by atoms with van der Waals surface area (Å²) in [7, 11) is 1.32. The Hall–Kier alpha value is -2.68. The van der Waals surface area contributed by atoms with Crippen molar-refractivity contribution < 1.29 is 24.0 Å². The summed E-state index contributed by atoms with van der Waals surface area (Å²) in [5.41, 5.74) is 0.0565. The molecule has 0 unspecified atom stereocenters. The van der Waals surface area contributed by atoms with Crippen LogP contribution in [-0.2, 0) is 11.3 Å². The SMILES string of the molecule is COc1cc([C@H]2SCC(=O)N2Cc2ccco2)cc([N+](=O)[O-])c1O. The maximum atomic E-state index is 12.2. The molecule has 0 aliphatic carbocycles. The van der Waals surface area contributed by atoms with Gasteiger partial charge in [0.25, 0.3) is 0 Å². The quantitative estimate of drug-likeness (QED) is 0.652. The van der Waals surface area contributed by atoms with E-state index in [0.29, 0.717) is 11.3 Å². The molecule has 1 N–H and O–H groups in total. The van der Waals surface area contributed by atoms with Gasteiger partial charge in [-0.1, -0.05) is 0 Å². The highest BCUT2D eigenvalue weighted by molar-refractivity contribution is 8.00. The molecule has 1 aliphatic heterocycles. The van der Waals surface area contributed by atoms with Gasteiger partial charge in [0.2, 0.25) is 11.7 Å². The van der Waals surface area contributed by atoms with Crippen LogP contribution in [0.4, 0.5) is 5.69 Å². The first kappa shape index (κ1) is 16.2. The van der Waals surface area contributed by atoms with Crippen LogP contribution < -0.4 is 4.74 Å². The summed E-state index contributed by atoms with van der Waals surface area (Å²) in [5.74, 6) is 0.268. The van der Waals surface area contributed by atoms with E-state index in [0.717, 1.165) is 0 Å². The third-order valence-corrected chi connectivity index (χ3v) is 4.91. The number of carbonyl (C=O) groups excluding carboxylic acids is 1. The average Bonchev–Trinajstić information content (AvgIpc) is 3.19. The van der Waals surface area contributed by atoms with Gasteiger partial charge in [-0.15, -0.1) is 11.8 Å². The molecule has 0 saturated carbocycles. The van der Waals surface area contributed by atoms with E-state index in [-0.39, 0.29) is 24.0 Å². The van der Waals surface area contributed by atoms with Crippen LogP contribution in [0, 0.1) is 10.1 Å². The van der Waals surface area contributed by atoms with Gasteiger partial charge in [-0.25, -0.2) is 0 Å². The largest absolute Gasteiger partial charge is 0.500 e. The molecule has 0 spiro atoms. The van der Waals surface area contributed by atoms with E-state index < -0.39 is 21.7 Å². The minimum Gasteiger partial charge on any atom is -0.500 e. The number of phenols is 1. The number of rotatable bonds is 5. The molecule has 1 aliphatic rings. The number of amides is 1. The van der Waals surface area contributed by atoms with Gasteiger partial charge in [-0.2, -0.15) is 0 Å². The standard InChI is InChI=1S/C15H14N2O6S/c1-22-12-6-9(5-11(14(12)19)17(20)21)15-16(13(18)8-24-15)7-10-3-2-4-23-10/h2-6,15,19H,7-8H2,1H3/t15-/m1/s1. The van der Waals surface area contributed by atoms with E-state index in [9.17, 15) is 20.0 Å². The zero-order valence-corrected chi connectivity index (χ0v) is 13.5. The molecule has 9 heteroatoms. The van der Waals surface area contributed by atoms with Crippen LogP contribution in [-0.4, -0.2) is 33.7 Å². The second-order valence-corrected chi connectivity index (χ2v) is 6.18. The van der Waals surface area contributed by atoms with Gasteiger partial charge in [-0.3, -0.25) is 14.9 Å². The number of nitrogens with zero attached hydrogens (tertiary/aromatic N) is 2. The number of nitro benzene ring substituents is 1. The Morgan fingerprint density at radius 2 is 2.33 bits per heavy atom. The van der Waals surface area contributed by atoms with E-state index in [2.05, 4.69) is 0 Å². The van der Waals surface area contributed by atoms with Crippen molar-refractivity contribution in [3.8, 4) is 11.5 Å². The van der Waals surface area contributed by atoms with Crippen LogP contribution in [0.15, 0.2) is 34.9 Å². The predicted molar refractivity (Wildman–Crippen MR) is 85.8 cm³/mol. The van der Waals surface area contributed by atoms with Crippen LogP contribution in [0.2, 0.25) is 0 Å². The summed E-state index contributed by atoms with van der Waals surface area (Å²) in [6.07, 6.45) is 1.52. The number of nitro groups is 1. The van der Waals surface area contributed by atoms with Crippen molar-refractivity contribution >= 4 is 23.4 Å². The number of phenolic OH excluding ortho intramolecular Hbond substituents is 1. The van der Waals surface area contributed by atoms with Crippen molar-refractivity contribution in [3.63, 3.8) is 0 Å². The smallest absolute Gasteiger partial charge is 0.315 e. The van der Waals surface area contributed by atoms with Crippen molar-refractivity contribution in [1.82, 2.24) is 4.90 Å². The Balaban J connectivity index is 1.98. The van der Waals surface area contributed by atoms with Crippen LogP contribution >= 0.6 is 11.8 Å². The summed E-state index contributed by atoms with van der Waals surface area (Å²) >= 11 is 1.35. The molecule has 1 atom stereocenters. The molecular formula is C15H14N2O6S. The highest BCUT2D eigenvalue weighted by Gasteiger charge is 2.35. The third-order valence-electron chi connectivity index (χ3n) is 3.65. The lowest BCUT2D eigenvalue weighted by Crippen LogP contribution is -2.27. The number of hydrogen-bond acceptors (Lipinski definition) is 7. The van der Waals surface area contributed by atoms with Crippen molar-refractivity contribution in [2.75, 3.05) is 12.9 Å². The molecule has 1 aromatic heterocycles. The number of hydrogen-bond donors (Lipinski definition) is 1. The van der Waals surface area contributed by atoms with E-state index in [1.54, 1.807) is 17.0 Å². The monoisotopic (exact) mass is 350 g/mol. The molecular weight excluding hydrogens is 336 g/mol. The fourth-order valence-electron chi connectivity index (χ4n) is 2.52. The van der Waals surface area contributed by atoms with Crippen LogP contribution in [0.3, 0.4) is 0 Å². The Morgan fingerprint density at radius 3 is 2.96 bits per heavy atom. The predicted octanol–water partition coefficient (Wildman–Crippen LogP) is 2.68. The fraction of sp³-hybridized carbons (Fsp3) is 0.267. The molecule has 1 fully saturated rings. The highest BCUT2D eigenvalue weighted by Crippen LogP contribution is 2.45. The van der Waals surface area contributed by atoms with Gasteiger partial charge in [-0.05, 0) is 23.8 Å². The van der Waals surface area contributed by atoms with Gasteiger partial charge >= 0.3 is 5.69 Å². The van der Waals surface area contributed by atoms with Crippen LogP contribution in [0.5, 0.6) is 11.5 Å². The Labute approximate surface area is 141 Å². The summed E-state index contributed by atoms with van der Waals surface area (Å²) in [4.78, 5) is 24.2. The maximum absolute atomic E-state index is 12.2. The third kappa shape index (κ3) is 2.90. The topological polar surface area (TPSA) is 106 Å². The molecule has 1 aromatic carbocycles. The van der Waals surface area contributed by atoms with E-state index in [1.165, 1.54) is 37.3 Å². The van der Waals surface area contributed by atoms with Crippen molar-refractivity contribution in [2.24, 2.45) is 0 Å². The minimum atomic E-state index is -0.681. The number of benzene rings is 1. The van der Waals surface area contributed by atoms with Gasteiger partial charge in [0, 0.05) is 6.07 Å². The zero-order chi connectivity index (χ0) is 17.3. The first-order valence-corrected chi connectivity index (χ1v) is 8.05. The molecule has 24 heavy (non-hydrogen) atoms. The number of ether oxygens (including phenoxy) is 1. The zero-order valence-electron chi connectivity index (χ0n) is 12.7. The summed E-state index contributed by atoms with van der Waals surface area (Å²) in [6.45, 7) is 0.264. The van der Waals surface area contributed by atoms with Gasteiger partial charge in [0.05, 0.1) is 30.6 Å². The molecule has 0 bridgehead atoms. The normalized spacial score (nSPS) is 17.3. The summed E-state index contributed by atoms with van der Waals surface area (Å²) in [5, 5.41) is 20.6. The van der Waals surface area contributed by atoms with Gasteiger partial charge < -0.3 is 19.2 Å². The van der Waals surface area contributed by atoms with Crippen molar-refractivity contribution in [2.45, 2.75) is 11.9 Å². The average molecular weight is 350 g/mol. The molecule has 3 rings (SSSR count). The highest BCUT2D eigenvalue weighted by atomic mass is 32.2. The number of methoxy groups -OCH3 is 1. The lowest BCUT2D eigenvalue weighted by molar-refractivity contribution is -0.386. The van der Waals surface area contributed by atoms with Gasteiger partial charge in [0.15, 0.2) is 5.75 Å². The number of thioether (sulfide) groups is 1. The van der Waals surface area contributed by atoms with Crippen molar-refractivity contribution in [1.29, 1.82) is 0 Å². The first-order valence-electron chi connectivity index (χ1n) is 7.00. The number of aromatic hydroxyl groups is 1. The molecule has 8 nitrogen and oxygen atoms in total. The molecule has 2 aromatic rings. The lowest BCUT2D eigenvalue weighted by atomic mass is 10.1. The molecule has 1 saturated heterocycles. The second kappa shape index (κ2) is 6.44. The molecule has 2 heterocycles. The van der Waals surface area contributed by atoms with E-state index >= 15 is 0 Å². The first-order chi connectivity index (χ1) is 11.5. The van der Waals surface area contributed by atoms with E-state index in [4.69, 9.17) is 9.15 Å². The molecule has 0 radical (unpaired) electrons. The summed E-state index contributed by atoms with van der Waals surface area (Å²) < 4.78 is 10.3. The Bertz CT molecular complexity index is 777. The molecule has 126 valence electrons.